The van der Waals surface area contributed by atoms with E-state index in [1.54, 1.807) is 24.3 Å². The molecule has 0 unspecified atom stereocenters. The van der Waals surface area contributed by atoms with E-state index in [1.807, 2.05) is 42.6 Å². The normalized spacial score (nSPS) is 11.0. The van der Waals surface area contributed by atoms with Crippen LogP contribution in [-0.2, 0) is 11.2 Å². The van der Waals surface area contributed by atoms with Crippen LogP contribution in [0.2, 0.25) is 5.02 Å². The number of halogens is 1. The summed E-state index contributed by atoms with van der Waals surface area (Å²) in [5, 5.41) is 5.77. The van der Waals surface area contributed by atoms with Crippen molar-refractivity contribution in [1.29, 1.82) is 0 Å². The molecule has 2 heterocycles. The third-order valence-electron chi connectivity index (χ3n) is 4.52. The van der Waals surface area contributed by atoms with Gasteiger partial charge in [-0.1, -0.05) is 54.6 Å². The predicted octanol–water partition coefficient (Wildman–Crippen LogP) is 5.39. The molecule has 0 spiro atoms. The molecule has 0 radical (unpaired) electrons. The van der Waals surface area contributed by atoms with Crippen LogP contribution in [0.3, 0.4) is 0 Å². The number of aryl methyl sites for hydroxylation is 1. The second-order valence-electron chi connectivity index (χ2n) is 6.50. The largest absolute Gasteiger partial charge is 0.325 e. The molecule has 0 aliphatic heterocycles. The number of nitrogens with one attached hydrogen (secondary N) is 1. The van der Waals surface area contributed by atoms with Gasteiger partial charge in [0.15, 0.2) is 5.16 Å². The molecule has 5 nitrogen and oxygen atoms in total. The molecule has 4 aromatic rings. The average molecular weight is 456 g/mol. The van der Waals surface area contributed by atoms with E-state index in [9.17, 15) is 9.59 Å². The molecule has 0 saturated carbocycles. The number of anilines is 1. The number of rotatable bonds is 6. The van der Waals surface area contributed by atoms with E-state index in [-0.39, 0.29) is 17.2 Å². The Hall–Kier alpha value is -2.61. The molecule has 0 fully saturated rings. The molecule has 0 saturated heterocycles. The first kappa shape index (κ1) is 20.7. The SMILES string of the molecule is CCc1ccccc1NC(=O)CSc1nc2ccsc2c(=O)n1-c1cccc(Cl)c1. The van der Waals surface area contributed by atoms with Crippen LogP contribution in [-0.4, -0.2) is 21.2 Å². The number of thiophene rings is 1. The lowest BCUT2D eigenvalue weighted by Gasteiger charge is -2.13. The maximum absolute atomic E-state index is 13.1. The highest BCUT2D eigenvalue weighted by Crippen LogP contribution is 2.25. The Labute approximate surface area is 186 Å². The maximum Gasteiger partial charge on any atom is 0.276 e. The number of nitrogens with zero attached hydrogens (tertiary/aromatic N) is 2. The summed E-state index contributed by atoms with van der Waals surface area (Å²) in [5.74, 6) is -0.0287. The summed E-state index contributed by atoms with van der Waals surface area (Å²) in [4.78, 5) is 30.3. The molecule has 0 atom stereocenters. The number of benzene rings is 2. The van der Waals surface area contributed by atoms with Crippen molar-refractivity contribution in [3.05, 3.63) is 80.9 Å². The third kappa shape index (κ3) is 4.28. The minimum atomic E-state index is -0.170. The predicted molar refractivity (Wildman–Crippen MR) is 125 cm³/mol. The van der Waals surface area contributed by atoms with Gasteiger partial charge < -0.3 is 5.32 Å². The van der Waals surface area contributed by atoms with Gasteiger partial charge >= 0.3 is 0 Å². The van der Waals surface area contributed by atoms with Gasteiger partial charge in [-0.05, 0) is 47.7 Å². The monoisotopic (exact) mass is 455 g/mol. The van der Waals surface area contributed by atoms with Crippen LogP contribution in [0.1, 0.15) is 12.5 Å². The summed E-state index contributed by atoms with van der Waals surface area (Å²) in [6, 6.07) is 16.6. The molecule has 1 N–H and O–H groups in total. The van der Waals surface area contributed by atoms with Crippen molar-refractivity contribution in [1.82, 2.24) is 9.55 Å². The molecular weight excluding hydrogens is 438 g/mol. The van der Waals surface area contributed by atoms with Crippen molar-refractivity contribution in [2.24, 2.45) is 0 Å². The van der Waals surface area contributed by atoms with Crippen LogP contribution < -0.4 is 10.9 Å². The van der Waals surface area contributed by atoms with E-state index in [2.05, 4.69) is 10.3 Å². The van der Waals surface area contributed by atoms with Crippen molar-refractivity contribution in [2.75, 3.05) is 11.1 Å². The average Bonchev–Trinajstić information content (AvgIpc) is 3.22. The maximum atomic E-state index is 13.1. The second kappa shape index (κ2) is 9.04. The number of thioether (sulfide) groups is 1. The number of para-hydroxylation sites is 1. The van der Waals surface area contributed by atoms with E-state index in [1.165, 1.54) is 27.7 Å². The first-order valence-corrected chi connectivity index (χ1v) is 11.6. The van der Waals surface area contributed by atoms with Gasteiger partial charge in [-0.25, -0.2) is 4.98 Å². The molecule has 4 rings (SSSR count). The third-order valence-corrected chi connectivity index (χ3v) is 6.59. The zero-order valence-electron chi connectivity index (χ0n) is 16.1. The number of amides is 1. The zero-order chi connectivity index (χ0) is 21.1. The van der Waals surface area contributed by atoms with E-state index >= 15 is 0 Å². The van der Waals surface area contributed by atoms with Gasteiger partial charge in [-0.2, -0.15) is 0 Å². The first-order chi connectivity index (χ1) is 14.6. The van der Waals surface area contributed by atoms with Crippen molar-refractivity contribution in [3.63, 3.8) is 0 Å². The summed E-state index contributed by atoms with van der Waals surface area (Å²) in [6.45, 7) is 2.05. The minimum absolute atomic E-state index is 0.126. The summed E-state index contributed by atoms with van der Waals surface area (Å²) in [7, 11) is 0. The van der Waals surface area contributed by atoms with Crippen molar-refractivity contribution < 1.29 is 4.79 Å². The molecule has 0 bridgehead atoms. The van der Waals surface area contributed by atoms with Gasteiger partial charge in [0.2, 0.25) is 5.91 Å². The Morgan fingerprint density at radius 3 is 2.83 bits per heavy atom. The van der Waals surface area contributed by atoms with Crippen LogP contribution in [0.4, 0.5) is 5.69 Å². The molecule has 2 aromatic heterocycles. The molecule has 8 heteroatoms. The Morgan fingerprint density at radius 1 is 1.20 bits per heavy atom. The standard InChI is InChI=1S/C22H18ClN3O2S2/c1-2-14-6-3-4-9-17(14)24-19(27)13-30-22-25-18-10-11-29-20(18)21(28)26(22)16-8-5-7-15(23)12-16/h3-12H,2,13H2,1H3,(H,24,27). The molecule has 30 heavy (non-hydrogen) atoms. The van der Waals surface area contributed by atoms with E-state index < -0.39 is 0 Å². The zero-order valence-corrected chi connectivity index (χ0v) is 18.5. The minimum Gasteiger partial charge on any atom is -0.325 e. The first-order valence-electron chi connectivity index (χ1n) is 9.33. The summed E-state index contributed by atoms with van der Waals surface area (Å²) in [6.07, 6.45) is 0.828. The van der Waals surface area contributed by atoms with Crippen molar-refractivity contribution in [3.8, 4) is 5.69 Å². The Bertz CT molecular complexity index is 1280. The molecule has 0 aliphatic rings. The Kier molecular flexibility index (Phi) is 6.22. The van der Waals surface area contributed by atoms with Crippen LogP contribution in [0.15, 0.2) is 69.9 Å². The topological polar surface area (TPSA) is 64.0 Å². The fourth-order valence-electron chi connectivity index (χ4n) is 3.10. The molecular formula is C22H18ClN3O2S2. The summed E-state index contributed by atoms with van der Waals surface area (Å²) < 4.78 is 2.09. The highest BCUT2D eigenvalue weighted by atomic mass is 35.5. The fraction of sp³-hybridized carbons (Fsp3) is 0.136. The van der Waals surface area contributed by atoms with Crippen LogP contribution in [0.25, 0.3) is 15.9 Å². The van der Waals surface area contributed by atoms with Gasteiger partial charge in [0.05, 0.1) is 17.0 Å². The second-order valence-corrected chi connectivity index (χ2v) is 8.79. The summed E-state index contributed by atoms with van der Waals surface area (Å²) >= 11 is 8.71. The summed E-state index contributed by atoms with van der Waals surface area (Å²) in [5.41, 5.74) is 2.96. The van der Waals surface area contributed by atoms with E-state index in [0.29, 0.717) is 26.1 Å². The van der Waals surface area contributed by atoms with Crippen LogP contribution in [0, 0.1) is 0 Å². The van der Waals surface area contributed by atoms with Crippen LogP contribution >= 0.6 is 34.7 Å². The molecule has 2 aromatic carbocycles. The fourth-order valence-corrected chi connectivity index (χ4v) is 4.86. The quantitative estimate of drug-likeness (QED) is 0.312. The Morgan fingerprint density at radius 2 is 2.03 bits per heavy atom. The van der Waals surface area contributed by atoms with E-state index in [0.717, 1.165) is 17.7 Å². The van der Waals surface area contributed by atoms with Gasteiger partial charge in [0, 0.05) is 10.7 Å². The van der Waals surface area contributed by atoms with Gasteiger partial charge in [0.25, 0.3) is 5.56 Å². The molecule has 0 aliphatic carbocycles. The van der Waals surface area contributed by atoms with Gasteiger partial charge in [-0.3, -0.25) is 14.2 Å². The van der Waals surface area contributed by atoms with Gasteiger partial charge in [0.1, 0.15) is 4.70 Å². The lowest BCUT2D eigenvalue weighted by Crippen LogP contribution is -2.22. The number of fused-ring (bicyclic) bond motifs is 1. The number of hydrogen-bond acceptors (Lipinski definition) is 5. The van der Waals surface area contributed by atoms with Crippen molar-refractivity contribution >= 4 is 56.5 Å². The number of hydrogen-bond donors (Lipinski definition) is 1. The van der Waals surface area contributed by atoms with E-state index in [4.69, 9.17) is 11.6 Å². The lowest BCUT2D eigenvalue weighted by atomic mass is 10.1. The highest BCUT2D eigenvalue weighted by Gasteiger charge is 2.16. The van der Waals surface area contributed by atoms with Crippen LogP contribution in [0.5, 0.6) is 0 Å². The highest BCUT2D eigenvalue weighted by molar-refractivity contribution is 7.99. The number of aromatic nitrogens is 2. The molecule has 152 valence electrons. The smallest absolute Gasteiger partial charge is 0.276 e. The van der Waals surface area contributed by atoms with Crippen molar-refractivity contribution in [2.45, 2.75) is 18.5 Å². The molecule has 1 amide bonds. The van der Waals surface area contributed by atoms with Gasteiger partial charge in [-0.15, -0.1) is 11.3 Å². The number of carbonyl (C=O) groups is 1. The lowest BCUT2D eigenvalue weighted by molar-refractivity contribution is -0.113. The Balaban J connectivity index is 1.64. The number of carbonyl (C=O) groups excluding carboxylic acids is 1.